The summed E-state index contributed by atoms with van der Waals surface area (Å²) in [6.07, 6.45) is 0. The Labute approximate surface area is 780 Å². The summed E-state index contributed by atoms with van der Waals surface area (Å²) in [7, 11) is 0. The lowest BCUT2D eigenvalue weighted by atomic mass is 9.92. The first-order valence-corrected chi connectivity index (χ1v) is 44.6. The predicted molar refractivity (Wildman–Crippen MR) is 539 cm³/mol. The number of aromatic nitrogens is 17. The van der Waals surface area contributed by atoms with Crippen LogP contribution in [0.1, 0.15) is 5.56 Å². The maximum absolute atomic E-state index is 10.8. The van der Waals surface area contributed by atoms with Crippen molar-refractivity contribution in [2.45, 2.75) is 0 Å². The standard InChI is InChI=1S/C118H72N18/c119-73-74-33-31-54-85(67-74)86-57-62-97(135-98-63-58-87(114-125-104(75-34-11-1-12-35-75)120-105(126-114)76-36-13-2-14-37-76)69-93(98)94-70-88(59-64-99(94)135)115-127-106(77-38-15-3-16-39-77)121-107(128-115)78-40-17-4-18-41-78)92(68-86)91-55-32-56-102(103(91)118-133-112(83-50-27-9-28-51-83)124-113(134-118)84-52-29-10-30-53-84)136-100-65-60-89(116-129-108(79-42-19-5-20-43-79)122-109(130-116)80-44-21-6-22-45-80)71-95(100)96-72-90(61-66-101(96)136)117-131-110(81-46-23-7-24-47-81)123-111(132-117)82-48-25-8-26-49-82/h1-72H. The van der Waals surface area contributed by atoms with Crippen molar-refractivity contribution < 1.29 is 0 Å². The van der Waals surface area contributed by atoms with Gasteiger partial charge in [0.25, 0.3) is 0 Å². The summed E-state index contributed by atoms with van der Waals surface area (Å²) in [4.78, 5) is 80.2. The van der Waals surface area contributed by atoms with E-state index < -0.39 is 0 Å². The van der Waals surface area contributed by atoms with Gasteiger partial charge < -0.3 is 9.13 Å². The number of nitriles is 1. The van der Waals surface area contributed by atoms with Crippen molar-refractivity contribution in [3.63, 3.8) is 0 Å². The Kier molecular flexibility index (Phi) is 20.5. The average molecular weight is 1740 g/mol. The fraction of sp³-hybridized carbons (Fsp3) is 0. The molecule has 136 heavy (non-hydrogen) atoms. The zero-order chi connectivity index (χ0) is 90.4. The first-order chi connectivity index (χ1) is 67.3. The highest BCUT2D eigenvalue weighted by molar-refractivity contribution is 6.14. The quantitative estimate of drug-likeness (QED) is 0.0733. The van der Waals surface area contributed by atoms with E-state index in [2.05, 4.69) is 130 Å². The van der Waals surface area contributed by atoms with Crippen molar-refractivity contribution in [3.05, 3.63) is 442 Å². The van der Waals surface area contributed by atoms with E-state index in [9.17, 15) is 5.26 Å². The van der Waals surface area contributed by atoms with Crippen LogP contribution in [-0.2, 0) is 0 Å². The van der Waals surface area contributed by atoms with E-state index in [0.717, 1.165) is 155 Å². The Morgan fingerprint density at radius 2 is 0.368 bits per heavy atom. The second kappa shape index (κ2) is 34.7. The summed E-state index contributed by atoms with van der Waals surface area (Å²) >= 11 is 0. The predicted octanol–water partition coefficient (Wildman–Crippen LogP) is 27.0. The van der Waals surface area contributed by atoms with Crippen molar-refractivity contribution in [1.29, 1.82) is 5.26 Å². The van der Waals surface area contributed by atoms with Gasteiger partial charge in [-0.05, 0) is 120 Å². The average Bonchev–Trinajstić information content (AvgIpc) is 1.55. The SMILES string of the molecule is N#Cc1cccc(-c2ccc(-n3c4ccc(-c5nc(-c6ccccc6)nc(-c6ccccc6)n5)cc4c4cc(-c5nc(-c6ccccc6)nc(-c6ccccc6)n5)ccc43)c(-c3cccc(-n4c5ccc(-c6nc(-c7ccccc7)nc(-c7ccccc7)n6)cc5c5cc(-c6nc(-c7ccccc7)nc(-c7ccccc7)n6)ccc54)c3-c3nc(-c4ccccc4)nc(-c4ccccc4)n3)c2)c1. The normalized spacial score (nSPS) is 11.4. The van der Waals surface area contributed by atoms with E-state index in [1.807, 2.05) is 322 Å². The molecule has 0 saturated carbocycles. The minimum atomic E-state index is 0.379. The van der Waals surface area contributed by atoms with Gasteiger partial charge in [-0.3, -0.25) is 0 Å². The van der Waals surface area contributed by atoms with Crippen molar-refractivity contribution >= 4 is 43.6 Å². The Balaban J connectivity index is 0.800. The molecular weight excluding hydrogens is 1670 g/mol. The molecule has 634 valence electrons. The molecule has 0 saturated heterocycles. The highest BCUT2D eigenvalue weighted by Crippen LogP contribution is 2.48. The fourth-order valence-electron chi connectivity index (χ4n) is 17.9. The zero-order valence-corrected chi connectivity index (χ0v) is 72.6. The summed E-state index contributed by atoms with van der Waals surface area (Å²) in [5.74, 6) is 7.42. The molecule has 18 heteroatoms. The van der Waals surface area contributed by atoms with Gasteiger partial charge in [-0.2, -0.15) is 5.26 Å². The van der Waals surface area contributed by atoms with Crippen LogP contribution in [-0.4, -0.2) is 83.9 Å². The van der Waals surface area contributed by atoms with Gasteiger partial charge in [-0.25, -0.2) is 74.8 Å². The summed E-state index contributed by atoms with van der Waals surface area (Å²) in [6.45, 7) is 0. The van der Waals surface area contributed by atoms with Crippen LogP contribution in [0.25, 0.3) is 248 Å². The number of hydrogen-bond acceptors (Lipinski definition) is 16. The molecule has 0 atom stereocenters. The van der Waals surface area contributed by atoms with Crippen molar-refractivity contribution in [1.82, 2.24) is 83.9 Å². The Bertz CT molecular complexity index is 8100. The zero-order valence-electron chi connectivity index (χ0n) is 72.6. The lowest BCUT2D eigenvalue weighted by Crippen LogP contribution is -2.06. The van der Waals surface area contributed by atoms with Crippen LogP contribution in [0.4, 0.5) is 0 Å². The summed E-state index contributed by atoms with van der Waals surface area (Å²) in [6, 6.07) is 149. The fourth-order valence-corrected chi connectivity index (χ4v) is 17.9. The lowest BCUT2D eigenvalue weighted by molar-refractivity contribution is 1.06. The molecule has 24 rings (SSSR count). The van der Waals surface area contributed by atoms with Gasteiger partial charge >= 0.3 is 0 Å². The van der Waals surface area contributed by atoms with Crippen LogP contribution in [0, 0.1) is 11.3 Å². The third kappa shape index (κ3) is 15.3. The van der Waals surface area contributed by atoms with E-state index in [1.165, 1.54) is 0 Å². The van der Waals surface area contributed by atoms with Crippen molar-refractivity contribution in [2.24, 2.45) is 0 Å². The van der Waals surface area contributed by atoms with Crippen LogP contribution in [0.5, 0.6) is 0 Å². The third-order valence-electron chi connectivity index (χ3n) is 24.4. The smallest absolute Gasteiger partial charge is 0.166 e. The van der Waals surface area contributed by atoms with Gasteiger partial charge in [-0.1, -0.05) is 334 Å². The molecule has 18 nitrogen and oxygen atoms in total. The van der Waals surface area contributed by atoms with E-state index in [1.54, 1.807) is 0 Å². The van der Waals surface area contributed by atoms with Crippen LogP contribution in [0.2, 0.25) is 0 Å². The highest BCUT2D eigenvalue weighted by Gasteiger charge is 2.30. The molecule has 0 N–H and O–H groups in total. The number of nitrogens with zero attached hydrogens (tertiary/aromatic N) is 18. The van der Waals surface area contributed by atoms with E-state index in [-0.39, 0.29) is 0 Å². The maximum atomic E-state index is 10.8. The number of hydrogen-bond donors (Lipinski definition) is 0. The Morgan fingerprint density at radius 3 is 0.625 bits per heavy atom. The van der Waals surface area contributed by atoms with Gasteiger partial charge in [0.1, 0.15) is 0 Å². The molecule has 7 heterocycles. The molecule has 0 aliphatic heterocycles. The molecule has 0 bridgehead atoms. The Morgan fingerprint density at radius 1 is 0.154 bits per heavy atom. The molecular formula is C118H72N18. The molecule has 7 aromatic heterocycles. The molecule has 17 aromatic carbocycles. The van der Waals surface area contributed by atoms with Crippen molar-refractivity contribution in [2.75, 3.05) is 0 Å². The highest BCUT2D eigenvalue weighted by atomic mass is 15.1. The van der Waals surface area contributed by atoms with Gasteiger partial charge in [0.15, 0.2) is 87.4 Å². The second-order valence-corrected chi connectivity index (χ2v) is 32.9. The largest absolute Gasteiger partial charge is 0.309 e. The molecule has 0 radical (unpaired) electrons. The summed E-state index contributed by atoms with van der Waals surface area (Å²) in [5.41, 5.74) is 20.5. The third-order valence-corrected chi connectivity index (χ3v) is 24.4. The minimum Gasteiger partial charge on any atom is -0.309 e. The molecule has 0 amide bonds. The lowest BCUT2D eigenvalue weighted by Gasteiger charge is -2.21. The first kappa shape index (κ1) is 80.2. The van der Waals surface area contributed by atoms with Crippen LogP contribution >= 0.6 is 0 Å². The first-order valence-electron chi connectivity index (χ1n) is 44.6. The van der Waals surface area contributed by atoms with Gasteiger partial charge in [-0.15, -0.1) is 0 Å². The van der Waals surface area contributed by atoms with E-state index >= 15 is 0 Å². The molecule has 0 aliphatic rings. The molecule has 24 aromatic rings. The van der Waals surface area contributed by atoms with Gasteiger partial charge in [0.05, 0.1) is 50.6 Å². The number of benzene rings is 17. The number of rotatable bonds is 19. The van der Waals surface area contributed by atoms with Crippen LogP contribution in [0.3, 0.4) is 0 Å². The molecule has 0 spiro atoms. The van der Waals surface area contributed by atoms with Crippen LogP contribution < -0.4 is 0 Å². The molecule has 0 unspecified atom stereocenters. The van der Waals surface area contributed by atoms with E-state index in [4.69, 9.17) is 74.8 Å². The second-order valence-electron chi connectivity index (χ2n) is 32.9. The summed E-state index contributed by atoms with van der Waals surface area (Å²) in [5, 5.41) is 14.2. The van der Waals surface area contributed by atoms with Crippen LogP contribution in [0.15, 0.2) is 437 Å². The van der Waals surface area contributed by atoms with Gasteiger partial charge in [0, 0.05) is 105 Å². The van der Waals surface area contributed by atoms with Gasteiger partial charge in [0.2, 0.25) is 0 Å². The minimum absolute atomic E-state index is 0.379. The Hall–Kier alpha value is -19.1. The maximum Gasteiger partial charge on any atom is 0.166 e. The van der Waals surface area contributed by atoms with E-state index in [0.29, 0.717) is 98.5 Å². The monoisotopic (exact) mass is 1740 g/mol. The topological polar surface area (TPSA) is 227 Å². The molecule has 0 fully saturated rings. The van der Waals surface area contributed by atoms with Crippen molar-refractivity contribution in [3.8, 4) is 211 Å². The molecule has 0 aliphatic carbocycles. The number of fused-ring (bicyclic) bond motifs is 6. The summed E-state index contributed by atoms with van der Waals surface area (Å²) < 4.78 is 4.67.